The highest BCUT2D eigenvalue weighted by molar-refractivity contribution is 6.27. The van der Waals surface area contributed by atoms with Crippen LogP contribution in [0.15, 0.2) is 247 Å². The maximum atomic E-state index is 7.23. The van der Waals surface area contributed by atoms with E-state index in [9.17, 15) is 0 Å². The van der Waals surface area contributed by atoms with Crippen LogP contribution < -0.4 is 0 Å². The Balaban J connectivity index is 0.906. The second-order valence-electron chi connectivity index (χ2n) is 20.0. The van der Waals surface area contributed by atoms with E-state index in [-0.39, 0.29) is 0 Å². The van der Waals surface area contributed by atoms with Crippen molar-refractivity contribution in [3.8, 4) is 66.8 Å². The van der Waals surface area contributed by atoms with Crippen molar-refractivity contribution in [2.45, 2.75) is 10.8 Å². The molecular weight excluding hydrogens is 857 g/mol. The van der Waals surface area contributed by atoms with Crippen LogP contribution in [0.5, 0.6) is 0 Å². The minimum absolute atomic E-state index is 0.412. The predicted octanol–water partition coefficient (Wildman–Crippen LogP) is 17.9. The Morgan fingerprint density at radius 3 is 0.859 bits per heavy atom. The van der Waals surface area contributed by atoms with Gasteiger partial charge in [0.15, 0.2) is 0 Å². The summed E-state index contributed by atoms with van der Waals surface area (Å²) in [7, 11) is 0. The SMILES string of the molecule is c1ccc2c(c1)-c1ccccc1C21c2ccccc2-c2c(-c3ccc4oc5ccc(-c6cccc7c6-c6ccccc6C76c7ccccc7-c7ccccc76)c6cccc(c7cccc3c47)c56)cccc21. The van der Waals surface area contributed by atoms with Gasteiger partial charge in [-0.3, -0.25) is 0 Å². The molecule has 0 saturated heterocycles. The summed E-state index contributed by atoms with van der Waals surface area (Å²) in [5.41, 5.74) is 27.1. The second-order valence-corrected chi connectivity index (χ2v) is 20.0. The molecule has 17 rings (SSSR count). The van der Waals surface area contributed by atoms with Crippen molar-refractivity contribution in [1.82, 2.24) is 0 Å². The van der Waals surface area contributed by atoms with Crippen molar-refractivity contribution in [1.29, 1.82) is 0 Å². The Labute approximate surface area is 410 Å². The van der Waals surface area contributed by atoms with Gasteiger partial charge < -0.3 is 4.42 Å². The molecule has 1 heteroatoms. The van der Waals surface area contributed by atoms with Gasteiger partial charge in [0.1, 0.15) is 11.2 Å². The Morgan fingerprint density at radius 1 is 0.197 bits per heavy atom. The molecule has 4 aliphatic carbocycles. The van der Waals surface area contributed by atoms with Gasteiger partial charge in [0.25, 0.3) is 0 Å². The summed E-state index contributed by atoms with van der Waals surface area (Å²) >= 11 is 0. The van der Waals surface area contributed by atoms with Gasteiger partial charge in [-0.25, -0.2) is 0 Å². The summed E-state index contributed by atoms with van der Waals surface area (Å²) in [5, 5.41) is 7.02. The highest BCUT2D eigenvalue weighted by Crippen LogP contribution is 2.66. The maximum Gasteiger partial charge on any atom is 0.135 e. The van der Waals surface area contributed by atoms with Gasteiger partial charge in [-0.15, -0.1) is 0 Å². The summed E-state index contributed by atoms with van der Waals surface area (Å²) in [6.45, 7) is 0. The third-order valence-electron chi connectivity index (χ3n) is 17.1. The van der Waals surface area contributed by atoms with Crippen LogP contribution in [0.2, 0.25) is 0 Å². The molecule has 0 aliphatic heterocycles. The largest absolute Gasteiger partial charge is 0.456 e. The Kier molecular flexibility index (Phi) is 7.14. The number of hydrogen-bond donors (Lipinski definition) is 0. The lowest BCUT2D eigenvalue weighted by Crippen LogP contribution is -2.25. The second kappa shape index (κ2) is 13.4. The molecule has 0 N–H and O–H groups in total. The molecule has 12 aromatic carbocycles. The van der Waals surface area contributed by atoms with E-state index < -0.39 is 10.8 Å². The molecule has 71 heavy (non-hydrogen) atoms. The predicted molar refractivity (Wildman–Crippen MR) is 292 cm³/mol. The maximum absolute atomic E-state index is 7.23. The molecule has 0 atom stereocenters. The Hall–Kier alpha value is -9.04. The molecule has 0 radical (unpaired) electrons. The van der Waals surface area contributed by atoms with Crippen LogP contribution in [0.1, 0.15) is 44.5 Å². The van der Waals surface area contributed by atoms with Crippen LogP contribution in [0.3, 0.4) is 0 Å². The van der Waals surface area contributed by atoms with Crippen LogP contribution >= 0.6 is 0 Å². The van der Waals surface area contributed by atoms with E-state index in [1.807, 2.05) is 0 Å². The molecule has 1 heterocycles. The van der Waals surface area contributed by atoms with Crippen molar-refractivity contribution in [3.63, 3.8) is 0 Å². The molecule has 0 saturated carbocycles. The molecule has 0 amide bonds. The van der Waals surface area contributed by atoms with Crippen LogP contribution in [-0.2, 0) is 10.8 Å². The molecule has 1 aromatic heterocycles. The summed E-state index contributed by atoms with van der Waals surface area (Å²) in [6, 6.07) is 91.3. The quantitative estimate of drug-likeness (QED) is 0.169. The minimum Gasteiger partial charge on any atom is -0.456 e. The molecule has 1 nitrogen and oxygen atoms in total. The molecule has 0 fully saturated rings. The molecule has 326 valence electrons. The standard InChI is InChI=1S/C70H40O/c1-7-29-55-43(17-1)44-18-2-8-30-56(44)69(55)59-33-11-5-21-53(59)65-47(27-15-35-61(65)69)41-37-39-63-67-49(41)23-13-25-51(67)52-26-14-24-50-42(38-40-64(71-63)68(50)52)48-28-16-36-62-66(48)54-22-6-12-34-60(54)70(62)57-31-9-3-19-45(57)46-20-4-10-32-58(46)70/h1-40H. The van der Waals surface area contributed by atoms with Gasteiger partial charge in [0.05, 0.1) is 10.8 Å². The van der Waals surface area contributed by atoms with E-state index in [0.29, 0.717) is 0 Å². The molecule has 0 bridgehead atoms. The van der Waals surface area contributed by atoms with Gasteiger partial charge in [0, 0.05) is 10.8 Å². The van der Waals surface area contributed by atoms with Crippen molar-refractivity contribution in [2.24, 2.45) is 0 Å². The third kappa shape index (κ3) is 4.42. The zero-order chi connectivity index (χ0) is 46.2. The fourth-order valence-corrected chi connectivity index (χ4v) is 14.7. The Bertz CT molecular complexity index is 4160. The average molecular weight is 897 g/mol. The fourth-order valence-electron chi connectivity index (χ4n) is 14.7. The zero-order valence-electron chi connectivity index (χ0n) is 38.5. The monoisotopic (exact) mass is 896 g/mol. The van der Waals surface area contributed by atoms with E-state index in [1.165, 1.54) is 133 Å². The van der Waals surface area contributed by atoms with Gasteiger partial charge >= 0.3 is 0 Å². The lowest BCUT2D eigenvalue weighted by atomic mass is 9.70. The molecule has 2 spiro atoms. The van der Waals surface area contributed by atoms with Crippen LogP contribution in [0.4, 0.5) is 0 Å². The lowest BCUT2D eigenvalue weighted by molar-refractivity contribution is 0.664. The normalized spacial score (nSPS) is 14.4. The van der Waals surface area contributed by atoms with Crippen molar-refractivity contribution in [3.05, 3.63) is 287 Å². The van der Waals surface area contributed by atoms with Crippen molar-refractivity contribution >= 4 is 43.5 Å². The van der Waals surface area contributed by atoms with E-state index >= 15 is 0 Å². The smallest absolute Gasteiger partial charge is 0.135 e. The van der Waals surface area contributed by atoms with Crippen LogP contribution in [-0.4, -0.2) is 0 Å². The third-order valence-corrected chi connectivity index (χ3v) is 17.1. The molecule has 0 unspecified atom stereocenters. The van der Waals surface area contributed by atoms with E-state index in [1.54, 1.807) is 0 Å². The summed E-state index contributed by atoms with van der Waals surface area (Å²) in [5.74, 6) is 0. The van der Waals surface area contributed by atoms with Gasteiger partial charge in [0.2, 0.25) is 0 Å². The first-order valence-corrected chi connectivity index (χ1v) is 24.9. The molecule has 4 aliphatic rings. The van der Waals surface area contributed by atoms with Crippen LogP contribution in [0.25, 0.3) is 110 Å². The number of rotatable bonds is 2. The number of hydrogen-bond acceptors (Lipinski definition) is 1. The first-order chi connectivity index (χ1) is 35.3. The summed E-state index contributed by atoms with van der Waals surface area (Å²) in [4.78, 5) is 0. The van der Waals surface area contributed by atoms with Gasteiger partial charge in [-0.05, 0) is 145 Å². The van der Waals surface area contributed by atoms with Crippen molar-refractivity contribution in [2.75, 3.05) is 0 Å². The van der Waals surface area contributed by atoms with Crippen LogP contribution in [0, 0.1) is 0 Å². The number of benzene rings is 12. The zero-order valence-corrected chi connectivity index (χ0v) is 38.5. The fraction of sp³-hybridized carbons (Fsp3) is 0.0286. The van der Waals surface area contributed by atoms with E-state index in [2.05, 4.69) is 243 Å². The molecular formula is C70H40O. The Morgan fingerprint density at radius 2 is 0.479 bits per heavy atom. The molecule has 13 aromatic rings. The lowest BCUT2D eigenvalue weighted by Gasteiger charge is -2.30. The van der Waals surface area contributed by atoms with E-state index in [0.717, 1.165) is 21.9 Å². The van der Waals surface area contributed by atoms with E-state index in [4.69, 9.17) is 4.42 Å². The average Bonchev–Trinajstić information content (AvgIpc) is 4.11. The first kappa shape index (κ1) is 37.9. The topological polar surface area (TPSA) is 13.1 Å². The van der Waals surface area contributed by atoms with Gasteiger partial charge in [-0.1, -0.05) is 231 Å². The van der Waals surface area contributed by atoms with Crippen molar-refractivity contribution < 1.29 is 4.42 Å². The highest BCUT2D eigenvalue weighted by atomic mass is 16.3. The number of fused-ring (bicyclic) bond motifs is 21. The first-order valence-electron chi connectivity index (χ1n) is 24.9. The summed E-state index contributed by atoms with van der Waals surface area (Å²) in [6.07, 6.45) is 0. The highest BCUT2D eigenvalue weighted by Gasteiger charge is 2.53. The minimum atomic E-state index is -0.412. The summed E-state index contributed by atoms with van der Waals surface area (Å²) < 4.78 is 7.23. The van der Waals surface area contributed by atoms with Gasteiger partial charge in [-0.2, -0.15) is 0 Å².